The molecular weight excluding hydrogens is 382 g/mol. The van der Waals surface area contributed by atoms with Crippen LogP contribution in [-0.4, -0.2) is 0 Å². The third kappa shape index (κ3) is 6.33. The molecule has 0 aliphatic heterocycles. The molecule has 28 heavy (non-hydrogen) atoms. The van der Waals surface area contributed by atoms with Crippen molar-refractivity contribution >= 4 is 37.4 Å². The average Bonchev–Trinajstić information content (AvgIpc) is 2.65. The second-order valence-corrected chi connectivity index (χ2v) is 9.10. The van der Waals surface area contributed by atoms with E-state index in [9.17, 15) is 4.39 Å². The first-order valence-electron chi connectivity index (χ1n) is 9.26. The number of hydrogen-bond acceptors (Lipinski definition) is 1. The van der Waals surface area contributed by atoms with Crippen LogP contribution in [0.25, 0.3) is 10.9 Å². The second-order valence-electron chi connectivity index (χ2n) is 7.19. The smallest absolute Gasteiger partial charge is 0.131 e. The molecule has 0 aliphatic rings. The molecule has 0 heterocycles. The van der Waals surface area contributed by atoms with Crippen LogP contribution in [0.2, 0.25) is 0 Å². The summed E-state index contributed by atoms with van der Waals surface area (Å²) in [5.41, 5.74) is 2.70. The molecule has 0 spiro atoms. The van der Waals surface area contributed by atoms with Gasteiger partial charge in [-0.2, -0.15) is 0 Å². The van der Waals surface area contributed by atoms with E-state index < -0.39 is 5.67 Å². The minimum Gasteiger partial charge on any atom is -0.239 e. The Hall–Kier alpha value is -1.89. The second kappa shape index (κ2) is 10.0. The van der Waals surface area contributed by atoms with Crippen molar-refractivity contribution in [3.05, 3.63) is 96.6 Å². The van der Waals surface area contributed by atoms with Gasteiger partial charge in [-0.05, 0) is 66.6 Å². The summed E-state index contributed by atoms with van der Waals surface area (Å²) in [6.07, 6.45) is 8.99. The molecule has 1 atom stereocenters. The van der Waals surface area contributed by atoms with Gasteiger partial charge in [0.1, 0.15) is 5.67 Å². The molecule has 0 saturated heterocycles. The van der Waals surface area contributed by atoms with Gasteiger partial charge in [0.2, 0.25) is 0 Å². The number of alkyl halides is 1. The van der Waals surface area contributed by atoms with Crippen LogP contribution in [0.15, 0.2) is 84.8 Å². The SMILES string of the molecule is C=CC/C=C\C=C(/C)c1ccc(C(=C)Pc2ccc(S)c(C(C)(C)F)c2)cc1. The predicted octanol–water partition coefficient (Wildman–Crippen LogP) is 7.69. The maximum Gasteiger partial charge on any atom is 0.131 e. The standard InChI is InChI=1S/C25H28FPS/c1-6-7-8-9-10-18(2)20-11-13-21(14-12-20)19(3)27-22-15-16-24(28)23(17-22)25(4,5)26/h6,8-17,27-28H,1,3,7H2,2,4-5H3/b9-8-,18-10+. The fourth-order valence-electron chi connectivity index (χ4n) is 2.75. The summed E-state index contributed by atoms with van der Waals surface area (Å²) in [7, 11) is 0.389. The van der Waals surface area contributed by atoms with Gasteiger partial charge in [0.05, 0.1) is 0 Å². The Labute approximate surface area is 176 Å². The maximum absolute atomic E-state index is 14.4. The average molecular weight is 411 g/mol. The lowest BCUT2D eigenvalue weighted by Crippen LogP contribution is -2.13. The van der Waals surface area contributed by atoms with E-state index in [0.717, 1.165) is 22.6 Å². The first-order valence-corrected chi connectivity index (χ1v) is 10.7. The summed E-state index contributed by atoms with van der Waals surface area (Å²) in [4.78, 5) is 0.681. The van der Waals surface area contributed by atoms with Crippen LogP contribution >= 0.6 is 21.2 Å². The molecule has 0 aliphatic carbocycles. The fraction of sp³-hybridized carbons (Fsp3) is 0.200. The van der Waals surface area contributed by atoms with Gasteiger partial charge in [0.15, 0.2) is 0 Å². The first-order chi connectivity index (χ1) is 13.2. The van der Waals surface area contributed by atoms with Crippen molar-refractivity contribution in [2.45, 2.75) is 37.8 Å². The van der Waals surface area contributed by atoms with Crippen LogP contribution in [0, 0.1) is 0 Å². The van der Waals surface area contributed by atoms with E-state index in [4.69, 9.17) is 0 Å². The first kappa shape index (κ1) is 22.4. The molecule has 0 bridgehead atoms. The number of thiol groups is 1. The van der Waals surface area contributed by atoms with E-state index in [-0.39, 0.29) is 0 Å². The summed E-state index contributed by atoms with van der Waals surface area (Å²) in [6, 6.07) is 14.2. The Kier molecular flexibility index (Phi) is 8.04. The van der Waals surface area contributed by atoms with Crippen LogP contribution < -0.4 is 5.30 Å². The van der Waals surface area contributed by atoms with E-state index >= 15 is 0 Å². The molecule has 2 aromatic carbocycles. The highest BCUT2D eigenvalue weighted by Crippen LogP contribution is 2.35. The Bertz CT molecular complexity index is 899. The van der Waals surface area contributed by atoms with E-state index in [1.807, 2.05) is 24.3 Å². The van der Waals surface area contributed by atoms with Gasteiger partial charge in [0.25, 0.3) is 0 Å². The van der Waals surface area contributed by atoms with Gasteiger partial charge in [-0.3, -0.25) is 0 Å². The van der Waals surface area contributed by atoms with Crippen LogP contribution in [-0.2, 0) is 5.67 Å². The molecule has 2 rings (SSSR count). The molecule has 0 radical (unpaired) electrons. The largest absolute Gasteiger partial charge is 0.239 e. The van der Waals surface area contributed by atoms with E-state index in [1.165, 1.54) is 11.1 Å². The minimum atomic E-state index is -1.41. The number of rotatable bonds is 8. The summed E-state index contributed by atoms with van der Waals surface area (Å²) in [6.45, 7) is 13.2. The molecule has 0 saturated carbocycles. The van der Waals surface area contributed by atoms with Gasteiger partial charge >= 0.3 is 0 Å². The summed E-state index contributed by atoms with van der Waals surface area (Å²) < 4.78 is 14.4. The minimum absolute atomic E-state index is 0.389. The molecule has 0 aromatic heterocycles. The van der Waals surface area contributed by atoms with Crippen molar-refractivity contribution in [2.75, 3.05) is 0 Å². The van der Waals surface area contributed by atoms with Gasteiger partial charge in [-0.1, -0.05) is 69.8 Å². The lowest BCUT2D eigenvalue weighted by Gasteiger charge is -2.18. The topological polar surface area (TPSA) is 0 Å². The van der Waals surface area contributed by atoms with Crippen LogP contribution in [0.1, 0.15) is 43.9 Å². The van der Waals surface area contributed by atoms with E-state index in [1.54, 1.807) is 13.8 Å². The van der Waals surface area contributed by atoms with E-state index in [2.05, 4.69) is 75.2 Å². The normalized spacial score (nSPS) is 12.8. The van der Waals surface area contributed by atoms with Crippen molar-refractivity contribution in [2.24, 2.45) is 0 Å². The van der Waals surface area contributed by atoms with Gasteiger partial charge < -0.3 is 0 Å². The lowest BCUT2D eigenvalue weighted by molar-refractivity contribution is 0.217. The highest BCUT2D eigenvalue weighted by atomic mass is 32.1. The Morgan fingerprint density at radius 2 is 1.79 bits per heavy atom. The van der Waals surface area contributed by atoms with Gasteiger partial charge in [0, 0.05) is 10.5 Å². The molecule has 0 N–H and O–H groups in total. The summed E-state index contributed by atoms with van der Waals surface area (Å²) >= 11 is 4.39. The van der Waals surface area contributed by atoms with Crippen molar-refractivity contribution in [3.63, 3.8) is 0 Å². The monoisotopic (exact) mass is 410 g/mol. The molecule has 0 amide bonds. The van der Waals surface area contributed by atoms with Crippen molar-refractivity contribution in [1.82, 2.24) is 0 Å². The third-order valence-electron chi connectivity index (χ3n) is 4.41. The van der Waals surface area contributed by atoms with Crippen molar-refractivity contribution < 1.29 is 4.39 Å². The number of allylic oxidation sites excluding steroid dienone is 5. The van der Waals surface area contributed by atoms with Gasteiger partial charge in [-0.15, -0.1) is 19.2 Å². The van der Waals surface area contributed by atoms with Crippen molar-refractivity contribution in [1.29, 1.82) is 0 Å². The number of halogens is 1. The Morgan fingerprint density at radius 1 is 1.14 bits per heavy atom. The fourth-order valence-corrected chi connectivity index (χ4v) is 4.20. The maximum atomic E-state index is 14.4. The predicted molar refractivity (Wildman–Crippen MR) is 129 cm³/mol. The zero-order valence-electron chi connectivity index (χ0n) is 16.8. The van der Waals surface area contributed by atoms with Crippen LogP contribution in [0.5, 0.6) is 0 Å². The number of benzene rings is 2. The molecule has 146 valence electrons. The van der Waals surface area contributed by atoms with Crippen molar-refractivity contribution in [3.8, 4) is 0 Å². The van der Waals surface area contributed by atoms with Crippen LogP contribution in [0.3, 0.4) is 0 Å². The highest BCUT2D eigenvalue weighted by Gasteiger charge is 2.21. The molecular formula is C25H28FPS. The summed E-state index contributed by atoms with van der Waals surface area (Å²) in [5.74, 6) is 0. The van der Waals surface area contributed by atoms with E-state index in [0.29, 0.717) is 19.0 Å². The molecule has 0 nitrogen and oxygen atoms in total. The molecule has 2 aromatic rings. The third-order valence-corrected chi connectivity index (χ3v) is 5.99. The van der Waals surface area contributed by atoms with Gasteiger partial charge in [-0.25, -0.2) is 4.39 Å². The zero-order chi connectivity index (χ0) is 20.7. The van der Waals surface area contributed by atoms with Crippen LogP contribution in [0.4, 0.5) is 4.39 Å². The molecule has 0 fully saturated rings. The Morgan fingerprint density at radius 3 is 2.39 bits per heavy atom. The highest BCUT2D eigenvalue weighted by molar-refractivity contribution is 7.80. The lowest BCUT2D eigenvalue weighted by atomic mass is 10.0. The molecule has 1 unspecified atom stereocenters. The Balaban J connectivity index is 2.12. The number of hydrogen-bond donors (Lipinski definition) is 1. The summed E-state index contributed by atoms with van der Waals surface area (Å²) in [5, 5.41) is 2.10. The molecule has 3 heteroatoms. The zero-order valence-corrected chi connectivity index (χ0v) is 18.7. The quantitative estimate of drug-likeness (QED) is 0.196.